The Bertz CT molecular complexity index is 934. The van der Waals surface area contributed by atoms with Gasteiger partial charge in [-0.2, -0.15) is 0 Å². The molecule has 4 aliphatic carbocycles. The molecule has 6 heteroatoms. The predicted octanol–water partition coefficient (Wildman–Crippen LogP) is 5.70. The third-order valence-corrected chi connectivity index (χ3v) is 13.7. The van der Waals surface area contributed by atoms with Crippen molar-refractivity contribution in [2.75, 3.05) is 6.61 Å². The van der Waals surface area contributed by atoms with Gasteiger partial charge in [0.25, 0.3) is 0 Å². The van der Waals surface area contributed by atoms with E-state index in [1.54, 1.807) is 5.57 Å². The zero-order valence-electron chi connectivity index (χ0n) is 26.8. The molecule has 41 heavy (non-hydrogen) atoms. The summed E-state index contributed by atoms with van der Waals surface area (Å²) in [5, 5.41) is 40.6. The number of allylic oxidation sites excluding steroid dienone is 2. The molecule has 1 heterocycles. The van der Waals surface area contributed by atoms with E-state index in [1.807, 2.05) is 0 Å². The van der Waals surface area contributed by atoms with Crippen molar-refractivity contribution in [2.24, 2.45) is 58.2 Å². The molecule has 10 unspecified atom stereocenters. The SMILES string of the molecule is CC(C)C(C)CCC(C)C1CCC2C3=CCC4C(C)C(O[C@@H]5O[C@H](CO)[C@@H](O)[C@H](O)[C@H]5O)CCC4(C)C3CCC21C. The highest BCUT2D eigenvalue weighted by atomic mass is 16.7. The van der Waals surface area contributed by atoms with Gasteiger partial charge in [0, 0.05) is 0 Å². The molecule has 5 rings (SSSR count). The van der Waals surface area contributed by atoms with Gasteiger partial charge >= 0.3 is 0 Å². The first-order valence-electron chi connectivity index (χ1n) is 17.0. The lowest BCUT2D eigenvalue weighted by atomic mass is 9.46. The van der Waals surface area contributed by atoms with Crippen molar-refractivity contribution in [3.63, 3.8) is 0 Å². The van der Waals surface area contributed by atoms with Crippen LogP contribution < -0.4 is 0 Å². The molecule has 6 nitrogen and oxygen atoms in total. The zero-order chi connectivity index (χ0) is 29.9. The standard InChI is InChI=1S/C35H60O6/c1-19(2)20(3)8-9-21(4)24-12-13-26-23-10-11-25-22(5)28(15-17-35(25,7)27(23)14-16-34(24,26)6)40-33-32(39)31(38)30(37)29(18-36)41-33/h10,19-22,24-33,36-39H,8-9,11-18H2,1-7H3/t20?,21?,22?,24?,25?,26?,27?,28?,29-,30-,31+,32-,33-,34?,35?/m1/s1. The second kappa shape index (κ2) is 12.1. The van der Waals surface area contributed by atoms with Gasteiger partial charge in [0.05, 0.1) is 12.7 Å². The van der Waals surface area contributed by atoms with Gasteiger partial charge in [-0.1, -0.05) is 73.0 Å². The summed E-state index contributed by atoms with van der Waals surface area (Å²) in [6.07, 6.45) is 7.61. The van der Waals surface area contributed by atoms with E-state index in [9.17, 15) is 20.4 Å². The van der Waals surface area contributed by atoms with Crippen LogP contribution in [0.1, 0.15) is 106 Å². The molecule has 3 saturated carbocycles. The summed E-state index contributed by atoms with van der Waals surface area (Å²) in [5.74, 6) is 5.36. The molecule has 0 amide bonds. The number of rotatable bonds is 8. The van der Waals surface area contributed by atoms with E-state index >= 15 is 0 Å². The Labute approximate surface area is 249 Å². The minimum Gasteiger partial charge on any atom is -0.394 e. The van der Waals surface area contributed by atoms with E-state index in [4.69, 9.17) is 9.47 Å². The quantitative estimate of drug-likeness (QED) is 0.277. The van der Waals surface area contributed by atoms with Gasteiger partial charge < -0.3 is 29.9 Å². The lowest BCUT2D eigenvalue weighted by Gasteiger charge is -2.60. The maximum atomic E-state index is 10.6. The first kappa shape index (κ1) is 31.9. The van der Waals surface area contributed by atoms with Gasteiger partial charge in [0.2, 0.25) is 0 Å². The molecule has 15 atom stereocenters. The highest BCUT2D eigenvalue weighted by Gasteiger charge is 2.59. The summed E-state index contributed by atoms with van der Waals surface area (Å²) in [6, 6.07) is 0. The molecule has 0 aromatic carbocycles. The van der Waals surface area contributed by atoms with Crippen molar-refractivity contribution in [3.8, 4) is 0 Å². The predicted molar refractivity (Wildman–Crippen MR) is 161 cm³/mol. The second-order valence-electron chi connectivity index (χ2n) is 15.9. The van der Waals surface area contributed by atoms with Crippen LogP contribution in [0.3, 0.4) is 0 Å². The number of aliphatic hydroxyl groups is 4. The second-order valence-corrected chi connectivity index (χ2v) is 15.9. The third kappa shape index (κ3) is 5.50. The molecule has 4 N–H and O–H groups in total. The van der Waals surface area contributed by atoms with Gasteiger partial charge in [-0.15, -0.1) is 0 Å². The summed E-state index contributed by atoms with van der Waals surface area (Å²) in [4.78, 5) is 0. The van der Waals surface area contributed by atoms with Crippen LogP contribution in [-0.4, -0.2) is 63.8 Å². The average Bonchev–Trinajstić information content (AvgIpc) is 3.30. The van der Waals surface area contributed by atoms with Crippen molar-refractivity contribution in [2.45, 2.75) is 143 Å². The number of hydrogen-bond acceptors (Lipinski definition) is 6. The summed E-state index contributed by atoms with van der Waals surface area (Å²) in [6.45, 7) is 16.7. The Morgan fingerprint density at radius 3 is 2.27 bits per heavy atom. The zero-order valence-corrected chi connectivity index (χ0v) is 26.8. The van der Waals surface area contributed by atoms with E-state index in [-0.39, 0.29) is 17.4 Å². The van der Waals surface area contributed by atoms with Gasteiger partial charge in [0.15, 0.2) is 6.29 Å². The Kier molecular flexibility index (Phi) is 9.43. The van der Waals surface area contributed by atoms with E-state index in [0.29, 0.717) is 17.3 Å². The largest absolute Gasteiger partial charge is 0.394 e. The van der Waals surface area contributed by atoms with E-state index in [0.717, 1.165) is 48.9 Å². The highest BCUT2D eigenvalue weighted by Crippen LogP contribution is 2.67. The van der Waals surface area contributed by atoms with Crippen LogP contribution >= 0.6 is 0 Å². The molecule has 0 aromatic rings. The van der Waals surface area contributed by atoms with Crippen LogP contribution in [0.2, 0.25) is 0 Å². The molecular weight excluding hydrogens is 516 g/mol. The molecule has 236 valence electrons. The van der Waals surface area contributed by atoms with Crippen LogP contribution in [0.15, 0.2) is 11.6 Å². The van der Waals surface area contributed by atoms with Gasteiger partial charge in [-0.05, 0) is 103 Å². The number of hydrogen-bond donors (Lipinski definition) is 4. The van der Waals surface area contributed by atoms with Crippen LogP contribution in [0, 0.1) is 58.2 Å². The minimum absolute atomic E-state index is 0.0942. The van der Waals surface area contributed by atoms with Crippen LogP contribution in [0.25, 0.3) is 0 Å². The first-order chi connectivity index (χ1) is 19.3. The van der Waals surface area contributed by atoms with E-state index in [2.05, 4.69) is 54.5 Å². The number of aliphatic hydroxyl groups excluding tert-OH is 4. The van der Waals surface area contributed by atoms with Crippen LogP contribution in [-0.2, 0) is 9.47 Å². The van der Waals surface area contributed by atoms with Crippen LogP contribution in [0.5, 0.6) is 0 Å². The molecule has 0 spiro atoms. The van der Waals surface area contributed by atoms with Crippen molar-refractivity contribution < 1.29 is 29.9 Å². The third-order valence-electron chi connectivity index (χ3n) is 13.7. The molecule has 0 bridgehead atoms. The van der Waals surface area contributed by atoms with Gasteiger partial charge in [-0.3, -0.25) is 0 Å². The fraction of sp³-hybridized carbons (Fsp3) is 0.943. The molecule has 1 aliphatic heterocycles. The fourth-order valence-electron chi connectivity index (χ4n) is 10.5. The normalized spacial score (nSPS) is 49.6. The molecular formula is C35H60O6. The lowest BCUT2D eigenvalue weighted by molar-refractivity contribution is -0.320. The molecule has 1 saturated heterocycles. The monoisotopic (exact) mass is 576 g/mol. The van der Waals surface area contributed by atoms with Gasteiger partial charge in [0.1, 0.15) is 24.4 Å². The van der Waals surface area contributed by atoms with E-state index in [1.165, 1.54) is 38.5 Å². The average molecular weight is 577 g/mol. The molecule has 4 fully saturated rings. The first-order valence-corrected chi connectivity index (χ1v) is 17.0. The summed E-state index contributed by atoms with van der Waals surface area (Å²) < 4.78 is 12.1. The molecule has 0 radical (unpaired) electrons. The smallest absolute Gasteiger partial charge is 0.186 e. The van der Waals surface area contributed by atoms with Crippen molar-refractivity contribution >= 4 is 0 Å². The number of ether oxygens (including phenoxy) is 2. The van der Waals surface area contributed by atoms with Crippen molar-refractivity contribution in [1.29, 1.82) is 0 Å². The lowest BCUT2D eigenvalue weighted by Crippen LogP contribution is -2.60. The summed E-state index contributed by atoms with van der Waals surface area (Å²) in [7, 11) is 0. The molecule has 0 aromatic heterocycles. The van der Waals surface area contributed by atoms with Crippen molar-refractivity contribution in [1.82, 2.24) is 0 Å². The highest BCUT2D eigenvalue weighted by molar-refractivity contribution is 5.28. The van der Waals surface area contributed by atoms with Gasteiger partial charge in [-0.25, -0.2) is 0 Å². The Morgan fingerprint density at radius 2 is 1.59 bits per heavy atom. The summed E-state index contributed by atoms with van der Waals surface area (Å²) in [5.41, 5.74) is 2.46. The Balaban J connectivity index is 1.27. The van der Waals surface area contributed by atoms with Crippen molar-refractivity contribution in [3.05, 3.63) is 11.6 Å². The molecule has 5 aliphatic rings. The fourth-order valence-corrected chi connectivity index (χ4v) is 10.5. The summed E-state index contributed by atoms with van der Waals surface area (Å²) >= 11 is 0. The Morgan fingerprint density at radius 1 is 0.902 bits per heavy atom. The van der Waals surface area contributed by atoms with Crippen LogP contribution in [0.4, 0.5) is 0 Å². The maximum absolute atomic E-state index is 10.6. The number of fused-ring (bicyclic) bond motifs is 5. The van der Waals surface area contributed by atoms with E-state index < -0.39 is 37.3 Å². The topological polar surface area (TPSA) is 99.4 Å². The Hall–Kier alpha value is -0.500. The minimum atomic E-state index is -1.40. The maximum Gasteiger partial charge on any atom is 0.186 e.